The third kappa shape index (κ3) is 2.63. The van der Waals surface area contributed by atoms with Gasteiger partial charge in [-0.2, -0.15) is 0 Å². The highest BCUT2D eigenvalue weighted by Gasteiger charge is 2.51. The smallest absolute Gasteiger partial charge is 0.00967 e. The van der Waals surface area contributed by atoms with Crippen molar-refractivity contribution in [3.63, 3.8) is 0 Å². The van der Waals surface area contributed by atoms with Crippen LogP contribution in [0.2, 0.25) is 0 Å². The summed E-state index contributed by atoms with van der Waals surface area (Å²) in [5, 5.41) is 0. The van der Waals surface area contributed by atoms with E-state index in [4.69, 9.17) is 0 Å². The minimum absolute atomic E-state index is 0. The monoisotopic (exact) mass is 289 g/mol. The van der Waals surface area contributed by atoms with Gasteiger partial charge in [-0.1, -0.05) is 44.9 Å². The highest BCUT2D eigenvalue weighted by Crippen LogP contribution is 2.61. The number of hydrogen-bond donors (Lipinski definition) is 1. The van der Waals surface area contributed by atoms with Gasteiger partial charge in [0.05, 0.1) is 0 Å². The summed E-state index contributed by atoms with van der Waals surface area (Å²) in [5.74, 6) is 4.01. The van der Waals surface area contributed by atoms with E-state index in [-0.39, 0.29) is 6.15 Å². The second-order valence-electron chi connectivity index (χ2n) is 7.76. The third-order valence-electron chi connectivity index (χ3n) is 6.80. The van der Waals surface area contributed by atoms with Gasteiger partial charge in [0.15, 0.2) is 0 Å². The minimum atomic E-state index is 0. The number of hydrogen-bond acceptors (Lipinski definition) is 1. The molecule has 4 aliphatic carbocycles. The first-order valence-corrected chi connectivity index (χ1v) is 9.05. The molecule has 5 unspecified atom stereocenters. The summed E-state index contributed by atoms with van der Waals surface area (Å²) in [6.45, 7) is 8.93. The van der Waals surface area contributed by atoms with Crippen LogP contribution in [0.3, 0.4) is 0 Å². The summed E-state index contributed by atoms with van der Waals surface area (Å²) in [6.07, 6.45) is 15.4. The molecule has 120 valence electrons. The quantitative estimate of drug-likeness (QED) is 0.557. The molecule has 0 aliphatic heterocycles. The van der Waals surface area contributed by atoms with Crippen LogP contribution in [0.1, 0.15) is 72.6 Å². The molecule has 21 heavy (non-hydrogen) atoms. The highest BCUT2D eigenvalue weighted by molar-refractivity contribution is 5.36. The molecule has 1 heteroatoms. The molecule has 0 aromatic heterocycles. The van der Waals surface area contributed by atoms with Crippen LogP contribution in [0, 0.1) is 29.1 Å². The fourth-order valence-electron chi connectivity index (χ4n) is 5.94. The fourth-order valence-corrected chi connectivity index (χ4v) is 5.94. The standard InChI is InChI=1S/C18H26.C2H6.H3N/c1-12-10-13-5-6-15-14(16(13)11-12)7-9-18(2)8-3-4-17(15)18;1-2;/h5,10,14-17H,3-4,6-9,11H2,1-2H3;1-2H3;1H3. The van der Waals surface area contributed by atoms with E-state index < -0.39 is 0 Å². The van der Waals surface area contributed by atoms with Gasteiger partial charge in [-0.05, 0) is 80.1 Å². The molecule has 0 amide bonds. The van der Waals surface area contributed by atoms with E-state index in [1.54, 1.807) is 11.1 Å². The second kappa shape index (κ2) is 6.28. The van der Waals surface area contributed by atoms with Crippen LogP contribution in [-0.2, 0) is 0 Å². The van der Waals surface area contributed by atoms with Gasteiger partial charge in [-0.25, -0.2) is 0 Å². The molecule has 4 aliphatic rings. The van der Waals surface area contributed by atoms with E-state index in [1.165, 1.54) is 44.9 Å². The first-order valence-electron chi connectivity index (χ1n) is 9.05. The van der Waals surface area contributed by atoms with Crippen LogP contribution in [-0.4, -0.2) is 0 Å². The van der Waals surface area contributed by atoms with Crippen molar-refractivity contribution >= 4 is 0 Å². The lowest BCUT2D eigenvalue weighted by Crippen LogP contribution is -2.42. The highest BCUT2D eigenvalue weighted by atomic mass is 14.6. The molecule has 0 bridgehead atoms. The van der Waals surface area contributed by atoms with Crippen LogP contribution < -0.4 is 6.15 Å². The van der Waals surface area contributed by atoms with E-state index in [0.29, 0.717) is 5.41 Å². The summed E-state index contributed by atoms with van der Waals surface area (Å²) in [7, 11) is 0. The summed E-state index contributed by atoms with van der Waals surface area (Å²) >= 11 is 0. The van der Waals surface area contributed by atoms with Crippen molar-refractivity contribution in [2.24, 2.45) is 29.1 Å². The molecule has 0 aromatic carbocycles. The molecule has 0 spiro atoms. The van der Waals surface area contributed by atoms with Crippen molar-refractivity contribution in [1.82, 2.24) is 6.15 Å². The Kier molecular flexibility index (Phi) is 5.03. The zero-order valence-corrected chi connectivity index (χ0v) is 14.6. The number of allylic oxidation sites excluding steroid dienone is 4. The Labute approximate surface area is 131 Å². The predicted molar refractivity (Wildman–Crippen MR) is 92.6 cm³/mol. The van der Waals surface area contributed by atoms with Crippen molar-refractivity contribution in [3.05, 3.63) is 23.3 Å². The normalized spacial score (nSPS) is 43.2. The first-order chi connectivity index (χ1) is 9.67. The van der Waals surface area contributed by atoms with Gasteiger partial charge in [-0.3, -0.25) is 0 Å². The maximum atomic E-state index is 2.60. The Hall–Kier alpha value is -0.560. The Morgan fingerprint density at radius 3 is 2.62 bits per heavy atom. The second-order valence-corrected chi connectivity index (χ2v) is 7.76. The van der Waals surface area contributed by atoms with E-state index in [1.807, 2.05) is 13.8 Å². The summed E-state index contributed by atoms with van der Waals surface area (Å²) in [5.41, 5.74) is 4.05. The van der Waals surface area contributed by atoms with Gasteiger partial charge < -0.3 is 6.15 Å². The maximum absolute atomic E-state index is 2.60. The minimum Gasteiger partial charge on any atom is -0.344 e. The van der Waals surface area contributed by atoms with Crippen LogP contribution in [0.25, 0.3) is 0 Å². The van der Waals surface area contributed by atoms with Crippen molar-refractivity contribution in [2.45, 2.75) is 72.6 Å². The zero-order valence-electron chi connectivity index (χ0n) is 14.6. The average molecular weight is 290 g/mol. The molecular formula is C20H35N. The van der Waals surface area contributed by atoms with Gasteiger partial charge >= 0.3 is 0 Å². The molecule has 0 saturated heterocycles. The molecule has 2 saturated carbocycles. The van der Waals surface area contributed by atoms with Crippen LogP contribution in [0.5, 0.6) is 0 Å². The van der Waals surface area contributed by atoms with Crippen molar-refractivity contribution < 1.29 is 0 Å². The largest absolute Gasteiger partial charge is 0.344 e. The lowest BCUT2D eigenvalue weighted by Gasteiger charge is -2.50. The Bertz CT molecular complexity index is 433. The lowest BCUT2D eigenvalue weighted by atomic mass is 9.55. The van der Waals surface area contributed by atoms with Crippen LogP contribution in [0.4, 0.5) is 0 Å². The summed E-state index contributed by atoms with van der Waals surface area (Å²) in [6, 6.07) is 0. The summed E-state index contributed by atoms with van der Waals surface area (Å²) < 4.78 is 0. The van der Waals surface area contributed by atoms with Crippen molar-refractivity contribution in [3.8, 4) is 0 Å². The number of fused-ring (bicyclic) bond motifs is 5. The Morgan fingerprint density at radius 2 is 1.86 bits per heavy atom. The molecule has 1 nitrogen and oxygen atoms in total. The zero-order chi connectivity index (χ0) is 14.3. The van der Waals surface area contributed by atoms with E-state index in [0.717, 1.165) is 23.7 Å². The number of rotatable bonds is 0. The molecule has 5 atom stereocenters. The van der Waals surface area contributed by atoms with Crippen LogP contribution >= 0.6 is 0 Å². The lowest BCUT2D eigenvalue weighted by molar-refractivity contribution is 0.0178. The molecule has 0 radical (unpaired) electrons. The molecular weight excluding hydrogens is 254 g/mol. The van der Waals surface area contributed by atoms with Gasteiger partial charge in [0.2, 0.25) is 0 Å². The molecule has 2 fully saturated rings. The average Bonchev–Trinajstić information content (AvgIpc) is 3.02. The summed E-state index contributed by atoms with van der Waals surface area (Å²) in [4.78, 5) is 0. The van der Waals surface area contributed by atoms with Crippen LogP contribution in [0.15, 0.2) is 23.3 Å². The van der Waals surface area contributed by atoms with E-state index in [9.17, 15) is 0 Å². The van der Waals surface area contributed by atoms with Crippen molar-refractivity contribution in [2.75, 3.05) is 0 Å². The maximum Gasteiger partial charge on any atom is -0.00967 e. The van der Waals surface area contributed by atoms with Gasteiger partial charge in [0.1, 0.15) is 0 Å². The molecule has 0 heterocycles. The fraction of sp³-hybridized carbons (Fsp3) is 0.800. The molecule has 3 N–H and O–H groups in total. The van der Waals surface area contributed by atoms with Gasteiger partial charge in [0, 0.05) is 0 Å². The third-order valence-corrected chi connectivity index (χ3v) is 6.80. The molecule has 0 aromatic rings. The topological polar surface area (TPSA) is 35.0 Å². The van der Waals surface area contributed by atoms with Gasteiger partial charge in [-0.15, -0.1) is 0 Å². The van der Waals surface area contributed by atoms with Crippen molar-refractivity contribution in [1.29, 1.82) is 0 Å². The molecule has 4 rings (SSSR count). The van der Waals surface area contributed by atoms with E-state index in [2.05, 4.69) is 26.0 Å². The Morgan fingerprint density at radius 1 is 1.10 bits per heavy atom. The van der Waals surface area contributed by atoms with E-state index >= 15 is 0 Å². The SMILES string of the molecule is CC.CC1=CC2=CCC3C(CCC4(C)CCCC34)C2C1.N. The van der Waals surface area contributed by atoms with Gasteiger partial charge in [0.25, 0.3) is 0 Å². The first kappa shape index (κ1) is 16.8. The Balaban J connectivity index is 0.000000517. The predicted octanol–water partition coefficient (Wildman–Crippen LogP) is 6.30.